The predicted octanol–water partition coefficient (Wildman–Crippen LogP) is 0.496. The third-order valence-corrected chi connectivity index (χ3v) is 5.73. The van der Waals surface area contributed by atoms with Crippen molar-refractivity contribution in [2.24, 2.45) is 0 Å². The quantitative estimate of drug-likeness (QED) is 0.673. The molecule has 0 spiro atoms. The van der Waals surface area contributed by atoms with Gasteiger partial charge in [-0.3, -0.25) is 4.79 Å². The third kappa shape index (κ3) is 6.91. The van der Waals surface area contributed by atoms with Crippen molar-refractivity contribution in [2.75, 3.05) is 39.9 Å². The molecule has 25 heavy (non-hydrogen) atoms. The highest BCUT2D eigenvalue weighted by atomic mass is 35.5. The summed E-state index contributed by atoms with van der Waals surface area (Å²) in [5, 5.41) is 5.75. The maximum atomic E-state index is 12.6. The van der Waals surface area contributed by atoms with Gasteiger partial charge in [-0.15, -0.1) is 12.4 Å². The molecule has 1 aliphatic rings. The van der Waals surface area contributed by atoms with Crippen LogP contribution in [0.4, 0.5) is 0 Å². The van der Waals surface area contributed by atoms with Gasteiger partial charge in [-0.05, 0) is 18.2 Å². The first-order valence-corrected chi connectivity index (χ1v) is 9.67. The number of halogens is 1. The highest BCUT2D eigenvalue weighted by Gasteiger charge is 2.25. The van der Waals surface area contributed by atoms with Crippen LogP contribution in [-0.2, 0) is 31.9 Å². The molecule has 2 rings (SSSR count). The van der Waals surface area contributed by atoms with Gasteiger partial charge in [0.05, 0.1) is 19.0 Å². The predicted molar refractivity (Wildman–Crippen MR) is 99.1 cm³/mol. The van der Waals surface area contributed by atoms with Crippen LogP contribution in [0.15, 0.2) is 24.3 Å². The minimum Gasteiger partial charge on any atom is -0.379 e. The molecule has 0 radical (unpaired) electrons. The molecule has 1 aromatic rings. The van der Waals surface area contributed by atoms with E-state index in [0.29, 0.717) is 45.8 Å². The molecule has 1 saturated heterocycles. The van der Waals surface area contributed by atoms with E-state index < -0.39 is 10.0 Å². The van der Waals surface area contributed by atoms with Gasteiger partial charge in [0.2, 0.25) is 15.9 Å². The molecule has 1 fully saturated rings. The van der Waals surface area contributed by atoms with E-state index in [0.717, 1.165) is 11.1 Å². The number of rotatable bonds is 8. The molecule has 1 aliphatic heterocycles. The fraction of sp³-hybridized carbons (Fsp3) is 0.562. The van der Waals surface area contributed by atoms with Crippen LogP contribution in [0, 0.1) is 0 Å². The Balaban J connectivity index is 0.00000312. The molecular formula is C16H26ClN3O4S. The first-order valence-electron chi connectivity index (χ1n) is 8.06. The Labute approximate surface area is 155 Å². The molecule has 0 bridgehead atoms. The minimum absolute atomic E-state index is 0. The van der Waals surface area contributed by atoms with Crippen LogP contribution in [-0.4, -0.2) is 58.5 Å². The molecule has 142 valence electrons. The lowest BCUT2D eigenvalue weighted by Gasteiger charge is -2.26. The Kier molecular flexibility index (Phi) is 9.37. The number of sulfonamides is 1. The summed E-state index contributed by atoms with van der Waals surface area (Å²) < 4.78 is 31.8. The molecule has 7 nitrogen and oxygen atoms in total. The van der Waals surface area contributed by atoms with Gasteiger partial charge in [-0.2, -0.15) is 4.31 Å². The SMILES string of the molecule is CNCCC(=O)NCc1ccccc1CS(=O)(=O)N1CCOCC1.Cl. The fourth-order valence-corrected chi connectivity index (χ4v) is 4.07. The maximum Gasteiger partial charge on any atom is 0.221 e. The van der Waals surface area contributed by atoms with Crippen LogP contribution in [0.5, 0.6) is 0 Å². The van der Waals surface area contributed by atoms with E-state index in [1.54, 1.807) is 13.1 Å². The molecule has 0 atom stereocenters. The van der Waals surface area contributed by atoms with E-state index in [4.69, 9.17) is 4.74 Å². The summed E-state index contributed by atoms with van der Waals surface area (Å²) in [5.41, 5.74) is 1.55. The van der Waals surface area contributed by atoms with Crippen molar-refractivity contribution in [1.29, 1.82) is 0 Å². The lowest BCUT2D eigenvalue weighted by molar-refractivity contribution is -0.121. The zero-order valence-electron chi connectivity index (χ0n) is 14.4. The van der Waals surface area contributed by atoms with Crippen molar-refractivity contribution in [3.63, 3.8) is 0 Å². The van der Waals surface area contributed by atoms with Crippen LogP contribution in [0.1, 0.15) is 17.5 Å². The lowest BCUT2D eigenvalue weighted by atomic mass is 10.1. The van der Waals surface area contributed by atoms with E-state index in [1.807, 2.05) is 18.2 Å². The van der Waals surface area contributed by atoms with Crippen LogP contribution >= 0.6 is 12.4 Å². The largest absolute Gasteiger partial charge is 0.379 e. The van der Waals surface area contributed by atoms with Crippen molar-refractivity contribution in [2.45, 2.75) is 18.7 Å². The fourth-order valence-electron chi connectivity index (χ4n) is 2.50. The number of nitrogens with one attached hydrogen (secondary N) is 2. The molecule has 2 N–H and O–H groups in total. The number of hydrogen-bond donors (Lipinski definition) is 2. The molecule has 1 amide bonds. The zero-order chi connectivity index (χ0) is 17.4. The van der Waals surface area contributed by atoms with E-state index in [9.17, 15) is 13.2 Å². The van der Waals surface area contributed by atoms with Crippen molar-refractivity contribution < 1.29 is 17.9 Å². The molecule has 0 aliphatic carbocycles. The van der Waals surface area contributed by atoms with E-state index >= 15 is 0 Å². The van der Waals surface area contributed by atoms with E-state index in [1.165, 1.54) is 4.31 Å². The number of ether oxygens (including phenoxy) is 1. The Bertz CT molecular complexity index is 649. The number of carbonyl (C=O) groups is 1. The van der Waals surface area contributed by atoms with Crippen LogP contribution in [0.2, 0.25) is 0 Å². The van der Waals surface area contributed by atoms with Crippen molar-refractivity contribution in [1.82, 2.24) is 14.9 Å². The Hall–Kier alpha value is -1.19. The van der Waals surface area contributed by atoms with Gasteiger partial charge >= 0.3 is 0 Å². The zero-order valence-corrected chi connectivity index (χ0v) is 16.0. The molecule has 0 unspecified atom stereocenters. The summed E-state index contributed by atoms with van der Waals surface area (Å²) in [6.07, 6.45) is 0.394. The van der Waals surface area contributed by atoms with Crippen molar-refractivity contribution in [3.8, 4) is 0 Å². The van der Waals surface area contributed by atoms with Gasteiger partial charge in [0.1, 0.15) is 0 Å². The van der Waals surface area contributed by atoms with Gasteiger partial charge in [0.15, 0.2) is 0 Å². The number of nitrogens with zero attached hydrogens (tertiary/aromatic N) is 1. The second-order valence-electron chi connectivity index (χ2n) is 5.67. The van der Waals surface area contributed by atoms with E-state index in [-0.39, 0.29) is 24.1 Å². The molecular weight excluding hydrogens is 366 g/mol. The number of hydrogen-bond acceptors (Lipinski definition) is 5. The van der Waals surface area contributed by atoms with Crippen molar-refractivity contribution >= 4 is 28.3 Å². The molecule has 1 heterocycles. The molecule has 0 saturated carbocycles. The standard InChI is InChI=1S/C16H25N3O4S.ClH/c1-17-7-6-16(20)18-12-14-4-2-3-5-15(14)13-24(21,22)19-8-10-23-11-9-19;/h2-5,17H,6-13H2,1H3,(H,18,20);1H. The maximum absolute atomic E-state index is 12.6. The van der Waals surface area contributed by atoms with Gasteiger partial charge in [0, 0.05) is 32.6 Å². The first-order chi connectivity index (χ1) is 11.5. The Morgan fingerprint density at radius 1 is 1.20 bits per heavy atom. The summed E-state index contributed by atoms with van der Waals surface area (Å²) >= 11 is 0. The summed E-state index contributed by atoms with van der Waals surface area (Å²) in [6, 6.07) is 7.31. The smallest absolute Gasteiger partial charge is 0.221 e. The summed E-state index contributed by atoms with van der Waals surface area (Å²) in [5.74, 6) is -0.120. The van der Waals surface area contributed by atoms with Crippen LogP contribution in [0.25, 0.3) is 0 Å². The third-order valence-electron chi connectivity index (χ3n) is 3.90. The van der Waals surface area contributed by atoms with Gasteiger partial charge in [-0.1, -0.05) is 24.3 Å². The van der Waals surface area contributed by atoms with Gasteiger partial charge < -0.3 is 15.4 Å². The van der Waals surface area contributed by atoms with Crippen LogP contribution in [0.3, 0.4) is 0 Å². The second-order valence-corrected chi connectivity index (χ2v) is 7.64. The number of morpholine rings is 1. The first kappa shape index (κ1) is 21.9. The Morgan fingerprint density at radius 3 is 2.48 bits per heavy atom. The minimum atomic E-state index is -3.38. The monoisotopic (exact) mass is 391 g/mol. The lowest BCUT2D eigenvalue weighted by Crippen LogP contribution is -2.41. The highest BCUT2D eigenvalue weighted by Crippen LogP contribution is 2.16. The normalized spacial score (nSPS) is 15.4. The average Bonchev–Trinajstić information content (AvgIpc) is 2.59. The number of benzene rings is 1. The topological polar surface area (TPSA) is 87.7 Å². The molecule has 1 aromatic carbocycles. The number of carbonyl (C=O) groups excluding carboxylic acids is 1. The Morgan fingerprint density at radius 2 is 1.84 bits per heavy atom. The van der Waals surface area contributed by atoms with Crippen molar-refractivity contribution in [3.05, 3.63) is 35.4 Å². The second kappa shape index (κ2) is 10.7. The van der Waals surface area contributed by atoms with E-state index in [2.05, 4.69) is 10.6 Å². The summed E-state index contributed by atoms with van der Waals surface area (Å²) in [6.45, 7) is 2.59. The van der Waals surface area contributed by atoms with Gasteiger partial charge in [-0.25, -0.2) is 8.42 Å². The summed E-state index contributed by atoms with van der Waals surface area (Å²) in [7, 11) is -1.59. The molecule has 9 heteroatoms. The average molecular weight is 392 g/mol. The van der Waals surface area contributed by atoms with Crippen LogP contribution < -0.4 is 10.6 Å². The summed E-state index contributed by atoms with van der Waals surface area (Å²) in [4.78, 5) is 11.7. The number of amides is 1. The highest BCUT2D eigenvalue weighted by molar-refractivity contribution is 7.88. The van der Waals surface area contributed by atoms with Gasteiger partial charge in [0.25, 0.3) is 0 Å². The molecule has 0 aromatic heterocycles.